The fraction of sp³-hybridized carbons (Fsp3) is 0.467. The standard InChI is InChI=1S/C15H20N4O4S/c1-10-15(11(2)23-18-10)24(20,21)19-14-6-5-12(8-17-14)16-9-13-4-3-7-22-13/h5-6,8,13,16H,3-4,7,9H2,1-2H3,(H,17,19). The Morgan fingerprint density at radius 1 is 1.33 bits per heavy atom. The number of aromatic nitrogens is 2. The zero-order valence-electron chi connectivity index (χ0n) is 13.6. The van der Waals surface area contributed by atoms with E-state index in [0.717, 1.165) is 25.1 Å². The lowest BCUT2D eigenvalue weighted by molar-refractivity contribution is 0.120. The summed E-state index contributed by atoms with van der Waals surface area (Å²) in [7, 11) is -3.78. The second-order valence-corrected chi connectivity index (χ2v) is 7.33. The molecule has 0 aliphatic carbocycles. The number of aryl methyl sites for hydroxylation is 2. The number of hydrogen-bond donors (Lipinski definition) is 2. The maximum absolute atomic E-state index is 12.4. The maximum Gasteiger partial charge on any atom is 0.268 e. The summed E-state index contributed by atoms with van der Waals surface area (Å²) in [6.45, 7) is 4.66. The molecular weight excluding hydrogens is 332 g/mol. The number of sulfonamides is 1. The van der Waals surface area contributed by atoms with Gasteiger partial charge in [0.25, 0.3) is 10.0 Å². The molecule has 1 atom stereocenters. The van der Waals surface area contributed by atoms with Gasteiger partial charge in [0.15, 0.2) is 10.7 Å². The largest absolute Gasteiger partial charge is 0.381 e. The van der Waals surface area contributed by atoms with Crippen molar-refractivity contribution in [3.63, 3.8) is 0 Å². The van der Waals surface area contributed by atoms with Crippen molar-refractivity contribution in [2.75, 3.05) is 23.2 Å². The third-order valence-electron chi connectivity index (χ3n) is 3.80. The molecule has 24 heavy (non-hydrogen) atoms. The highest BCUT2D eigenvalue weighted by Gasteiger charge is 2.24. The van der Waals surface area contributed by atoms with Gasteiger partial charge in [-0.3, -0.25) is 4.72 Å². The summed E-state index contributed by atoms with van der Waals surface area (Å²) < 4.78 is 37.7. The minimum atomic E-state index is -3.78. The van der Waals surface area contributed by atoms with Crippen LogP contribution in [0.2, 0.25) is 0 Å². The predicted octanol–water partition coefficient (Wildman–Crippen LogP) is 2.08. The van der Waals surface area contributed by atoms with Gasteiger partial charge in [-0.2, -0.15) is 0 Å². The summed E-state index contributed by atoms with van der Waals surface area (Å²) in [5.74, 6) is 0.479. The smallest absolute Gasteiger partial charge is 0.268 e. The SMILES string of the molecule is Cc1noc(C)c1S(=O)(=O)Nc1ccc(NCC2CCCO2)cn1. The molecule has 0 spiro atoms. The molecule has 2 aromatic heterocycles. The lowest BCUT2D eigenvalue weighted by Crippen LogP contribution is -2.18. The van der Waals surface area contributed by atoms with Crippen LogP contribution >= 0.6 is 0 Å². The van der Waals surface area contributed by atoms with Gasteiger partial charge in [0.2, 0.25) is 0 Å². The number of nitrogens with one attached hydrogen (secondary N) is 2. The Kier molecular flexibility index (Phi) is 4.72. The molecule has 0 radical (unpaired) electrons. The number of nitrogens with zero attached hydrogens (tertiary/aromatic N) is 2. The molecule has 2 N–H and O–H groups in total. The number of rotatable bonds is 6. The zero-order chi connectivity index (χ0) is 17.2. The van der Waals surface area contributed by atoms with Crippen molar-refractivity contribution >= 4 is 21.5 Å². The molecule has 9 heteroatoms. The van der Waals surface area contributed by atoms with Crippen LogP contribution in [0.3, 0.4) is 0 Å². The molecule has 3 rings (SSSR count). The van der Waals surface area contributed by atoms with E-state index in [-0.39, 0.29) is 22.6 Å². The monoisotopic (exact) mass is 352 g/mol. The zero-order valence-corrected chi connectivity index (χ0v) is 14.4. The predicted molar refractivity (Wildman–Crippen MR) is 88.5 cm³/mol. The lowest BCUT2D eigenvalue weighted by atomic mass is 10.2. The normalized spacial score (nSPS) is 17.8. The number of hydrogen-bond acceptors (Lipinski definition) is 7. The molecule has 1 unspecified atom stereocenters. The third-order valence-corrected chi connectivity index (χ3v) is 5.40. The summed E-state index contributed by atoms with van der Waals surface area (Å²) in [5, 5.41) is 6.90. The Morgan fingerprint density at radius 2 is 2.17 bits per heavy atom. The van der Waals surface area contributed by atoms with Crippen LogP contribution in [0, 0.1) is 13.8 Å². The van der Waals surface area contributed by atoms with Crippen LogP contribution in [-0.2, 0) is 14.8 Å². The van der Waals surface area contributed by atoms with Crippen LogP contribution in [0.5, 0.6) is 0 Å². The quantitative estimate of drug-likeness (QED) is 0.819. The first kappa shape index (κ1) is 16.7. The van der Waals surface area contributed by atoms with Crippen molar-refractivity contribution in [1.29, 1.82) is 0 Å². The molecule has 0 bridgehead atoms. The Labute approximate surface area is 140 Å². The van der Waals surface area contributed by atoms with Crippen LogP contribution in [0.1, 0.15) is 24.3 Å². The summed E-state index contributed by atoms with van der Waals surface area (Å²) in [6, 6.07) is 3.38. The average molecular weight is 352 g/mol. The van der Waals surface area contributed by atoms with Gasteiger partial charge in [-0.05, 0) is 38.8 Å². The van der Waals surface area contributed by atoms with E-state index in [4.69, 9.17) is 9.26 Å². The van der Waals surface area contributed by atoms with Gasteiger partial charge in [-0.25, -0.2) is 13.4 Å². The van der Waals surface area contributed by atoms with Gasteiger partial charge in [-0.1, -0.05) is 5.16 Å². The second kappa shape index (κ2) is 6.78. The van der Waals surface area contributed by atoms with Gasteiger partial charge < -0.3 is 14.6 Å². The van der Waals surface area contributed by atoms with Gasteiger partial charge in [-0.15, -0.1) is 0 Å². The number of ether oxygens (including phenoxy) is 1. The van der Waals surface area contributed by atoms with E-state index < -0.39 is 10.0 Å². The van der Waals surface area contributed by atoms with Crippen molar-refractivity contribution in [1.82, 2.24) is 10.1 Å². The summed E-state index contributed by atoms with van der Waals surface area (Å²) >= 11 is 0. The maximum atomic E-state index is 12.4. The highest BCUT2D eigenvalue weighted by Crippen LogP contribution is 2.22. The molecule has 8 nitrogen and oxygen atoms in total. The lowest BCUT2D eigenvalue weighted by Gasteiger charge is -2.12. The van der Waals surface area contributed by atoms with E-state index in [1.165, 1.54) is 0 Å². The molecule has 1 aliphatic rings. The first-order valence-corrected chi connectivity index (χ1v) is 9.21. The minimum Gasteiger partial charge on any atom is -0.381 e. The van der Waals surface area contributed by atoms with Crippen LogP contribution in [0.15, 0.2) is 27.7 Å². The molecule has 2 aromatic rings. The molecule has 1 aliphatic heterocycles. The van der Waals surface area contributed by atoms with E-state index >= 15 is 0 Å². The van der Waals surface area contributed by atoms with E-state index in [1.54, 1.807) is 32.2 Å². The molecule has 1 saturated heterocycles. The van der Waals surface area contributed by atoms with Gasteiger partial charge >= 0.3 is 0 Å². The fourth-order valence-electron chi connectivity index (χ4n) is 2.64. The molecule has 0 aromatic carbocycles. The van der Waals surface area contributed by atoms with Gasteiger partial charge in [0.05, 0.1) is 18.0 Å². The minimum absolute atomic E-state index is 0.0462. The van der Waals surface area contributed by atoms with Crippen LogP contribution < -0.4 is 10.0 Å². The Hall–Kier alpha value is -2.13. The number of pyridine rings is 1. The molecule has 0 saturated carbocycles. The van der Waals surface area contributed by atoms with Crippen LogP contribution in [0.25, 0.3) is 0 Å². The summed E-state index contributed by atoms with van der Waals surface area (Å²) in [4.78, 5) is 4.18. The first-order chi connectivity index (χ1) is 11.5. The summed E-state index contributed by atoms with van der Waals surface area (Å²) in [5.41, 5.74) is 1.13. The van der Waals surface area contributed by atoms with Gasteiger partial charge in [0.1, 0.15) is 11.5 Å². The third kappa shape index (κ3) is 3.68. The highest BCUT2D eigenvalue weighted by molar-refractivity contribution is 7.92. The van der Waals surface area contributed by atoms with E-state index in [9.17, 15) is 8.42 Å². The Balaban J connectivity index is 1.65. The average Bonchev–Trinajstić information content (AvgIpc) is 3.16. The highest BCUT2D eigenvalue weighted by atomic mass is 32.2. The molecule has 3 heterocycles. The Morgan fingerprint density at radius 3 is 2.75 bits per heavy atom. The first-order valence-electron chi connectivity index (χ1n) is 7.73. The van der Waals surface area contributed by atoms with Crippen molar-refractivity contribution < 1.29 is 17.7 Å². The molecule has 1 fully saturated rings. The number of anilines is 2. The summed E-state index contributed by atoms with van der Waals surface area (Å²) in [6.07, 6.45) is 3.95. The van der Waals surface area contributed by atoms with Crippen molar-refractivity contribution in [3.05, 3.63) is 29.8 Å². The fourth-order valence-corrected chi connectivity index (χ4v) is 3.98. The van der Waals surface area contributed by atoms with Crippen molar-refractivity contribution in [2.45, 2.75) is 37.7 Å². The van der Waals surface area contributed by atoms with E-state index in [2.05, 4.69) is 20.2 Å². The van der Waals surface area contributed by atoms with Gasteiger partial charge in [0, 0.05) is 13.2 Å². The van der Waals surface area contributed by atoms with Crippen LogP contribution in [0.4, 0.5) is 11.5 Å². The Bertz CT molecular complexity index is 776. The van der Waals surface area contributed by atoms with Crippen LogP contribution in [-0.4, -0.2) is 37.8 Å². The second-order valence-electron chi connectivity index (χ2n) is 5.71. The molecule has 130 valence electrons. The topological polar surface area (TPSA) is 106 Å². The van der Waals surface area contributed by atoms with E-state index in [1.807, 2.05) is 0 Å². The van der Waals surface area contributed by atoms with Crippen molar-refractivity contribution in [2.24, 2.45) is 0 Å². The molecule has 0 amide bonds. The van der Waals surface area contributed by atoms with E-state index in [0.29, 0.717) is 12.2 Å². The van der Waals surface area contributed by atoms with Crippen molar-refractivity contribution in [3.8, 4) is 0 Å². The molecular formula is C15H20N4O4S.